The molecule has 2 aromatic rings. The summed E-state index contributed by atoms with van der Waals surface area (Å²) in [4.78, 5) is 20.7. The van der Waals surface area contributed by atoms with Gasteiger partial charge in [0.05, 0.1) is 12.2 Å². The highest BCUT2D eigenvalue weighted by atomic mass is 32.1. The number of nitrogens with one attached hydrogen (secondary N) is 1. The van der Waals surface area contributed by atoms with Crippen molar-refractivity contribution in [3.05, 3.63) is 34.3 Å². The molecule has 5 rings (SSSR count). The minimum Gasteiger partial charge on any atom is -0.486 e. The molecule has 0 spiro atoms. The molecule has 1 atom stereocenters. The van der Waals surface area contributed by atoms with Crippen molar-refractivity contribution in [1.29, 1.82) is 0 Å². The Morgan fingerprint density at radius 2 is 1.96 bits per heavy atom. The number of hydrogen-bond donors (Lipinski definition) is 1. The first-order valence-corrected chi connectivity index (χ1v) is 10.0. The number of carbonyl (C=O) groups is 1. The Morgan fingerprint density at radius 3 is 2.81 bits per heavy atom. The van der Waals surface area contributed by atoms with E-state index in [-0.39, 0.29) is 11.8 Å². The van der Waals surface area contributed by atoms with Crippen LogP contribution in [0.3, 0.4) is 0 Å². The molecule has 3 aliphatic heterocycles. The summed E-state index contributed by atoms with van der Waals surface area (Å²) in [5.74, 6) is 1.62. The molecule has 1 unspecified atom stereocenters. The van der Waals surface area contributed by atoms with Crippen molar-refractivity contribution < 1.29 is 14.3 Å². The van der Waals surface area contributed by atoms with Crippen molar-refractivity contribution in [3.8, 4) is 11.5 Å². The van der Waals surface area contributed by atoms with Gasteiger partial charge >= 0.3 is 0 Å². The molecule has 26 heavy (non-hydrogen) atoms. The van der Waals surface area contributed by atoms with E-state index in [1.807, 2.05) is 12.1 Å². The lowest BCUT2D eigenvalue weighted by atomic mass is 9.93. The fraction of sp³-hybridized carbons (Fsp3) is 0.474. The van der Waals surface area contributed by atoms with E-state index >= 15 is 0 Å². The molecule has 0 aliphatic carbocycles. The van der Waals surface area contributed by atoms with Crippen LogP contribution < -0.4 is 19.7 Å². The molecular weight excluding hydrogens is 350 g/mol. The first-order chi connectivity index (χ1) is 12.8. The second kappa shape index (κ2) is 6.46. The summed E-state index contributed by atoms with van der Waals surface area (Å²) in [6.45, 7) is 3.81. The van der Waals surface area contributed by atoms with E-state index in [1.165, 1.54) is 17.7 Å². The minimum absolute atomic E-state index is 0.0113. The molecule has 0 radical (unpaired) electrons. The largest absolute Gasteiger partial charge is 0.486 e. The second-order valence-corrected chi connectivity index (χ2v) is 7.95. The highest BCUT2D eigenvalue weighted by Crippen LogP contribution is 2.42. The zero-order chi connectivity index (χ0) is 17.5. The third-order valence-corrected chi connectivity index (χ3v) is 6.49. The van der Waals surface area contributed by atoms with E-state index in [4.69, 9.17) is 14.5 Å². The van der Waals surface area contributed by atoms with E-state index in [0.29, 0.717) is 26.2 Å². The molecule has 1 aromatic carbocycles. The highest BCUT2D eigenvalue weighted by molar-refractivity contribution is 7.15. The average molecular weight is 371 g/mol. The molecule has 1 N–H and O–H groups in total. The highest BCUT2D eigenvalue weighted by Gasteiger charge is 2.30. The molecule has 0 saturated carbocycles. The summed E-state index contributed by atoms with van der Waals surface area (Å²) in [5, 5.41) is 4.09. The lowest BCUT2D eigenvalue weighted by Gasteiger charge is -2.21. The number of carbonyl (C=O) groups excluding carboxylic acids is 1. The standard InChI is InChI=1S/C19H21N3O3S/c23-17-10-13(12-3-4-15-16(9-12)25-8-7-24-15)18-14(11-20-17)21-19(26-18)22-5-1-2-6-22/h3-4,9,13H,1-2,5-8,10-11H2,(H,20,23). The van der Waals surface area contributed by atoms with Gasteiger partial charge in [0, 0.05) is 30.3 Å². The van der Waals surface area contributed by atoms with Crippen LogP contribution in [0.15, 0.2) is 18.2 Å². The lowest BCUT2D eigenvalue weighted by molar-refractivity contribution is -0.121. The predicted octanol–water partition coefficient (Wildman–Crippen LogP) is 2.67. The van der Waals surface area contributed by atoms with Crippen LogP contribution in [-0.2, 0) is 11.3 Å². The molecule has 6 nitrogen and oxygen atoms in total. The van der Waals surface area contributed by atoms with Crippen molar-refractivity contribution >= 4 is 22.4 Å². The molecule has 0 bridgehead atoms. The molecule has 136 valence electrons. The second-order valence-electron chi connectivity index (χ2n) is 6.94. The molecular formula is C19H21N3O3S. The summed E-state index contributed by atoms with van der Waals surface area (Å²) < 4.78 is 11.4. The first kappa shape index (κ1) is 15.9. The zero-order valence-electron chi connectivity index (χ0n) is 14.5. The van der Waals surface area contributed by atoms with Gasteiger partial charge in [-0.2, -0.15) is 0 Å². The zero-order valence-corrected chi connectivity index (χ0v) is 15.3. The number of nitrogens with zero attached hydrogens (tertiary/aromatic N) is 2. The van der Waals surface area contributed by atoms with Crippen molar-refractivity contribution in [1.82, 2.24) is 10.3 Å². The monoisotopic (exact) mass is 371 g/mol. The van der Waals surface area contributed by atoms with Gasteiger partial charge in [-0.05, 0) is 30.5 Å². The number of thiazole rings is 1. The number of benzene rings is 1. The number of hydrogen-bond acceptors (Lipinski definition) is 6. The van der Waals surface area contributed by atoms with Gasteiger partial charge < -0.3 is 19.7 Å². The van der Waals surface area contributed by atoms with Crippen LogP contribution in [0.5, 0.6) is 11.5 Å². The van der Waals surface area contributed by atoms with Crippen molar-refractivity contribution in [3.63, 3.8) is 0 Å². The molecule has 1 saturated heterocycles. The maximum Gasteiger partial charge on any atom is 0.221 e. The van der Waals surface area contributed by atoms with Gasteiger partial charge in [-0.25, -0.2) is 4.98 Å². The van der Waals surface area contributed by atoms with E-state index in [9.17, 15) is 4.79 Å². The van der Waals surface area contributed by atoms with Crippen LogP contribution in [0.1, 0.15) is 41.3 Å². The smallest absolute Gasteiger partial charge is 0.221 e. The summed E-state index contributed by atoms with van der Waals surface area (Å²) >= 11 is 1.74. The Labute approximate surface area is 156 Å². The fourth-order valence-electron chi connectivity index (χ4n) is 3.87. The molecule has 1 amide bonds. The summed E-state index contributed by atoms with van der Waals surface area (Å²) in [7, 11) is 0. The number of rotatable bonds is 2. The Bertz CT molecular complexity index is 845. The third kappa shape index (κ3) is 2.80. The van der Waals surface area contributed by atoms with Crippen molar-refractivity contribution in [2.75, 3.05) is 31.2 Å². The Balaban J connectivity index is 1.54. The number of amides is 1. The van der Waals surface area contributed by atoms with Crippen LogP contribution in [-0.4, -0.2) is 37.2 Å². The third-order valence-electron chi connectivity index (χ3n) is 5.22. The van der Waals surface area contributed by atoms with Crippen LogP contribution >= 0.6 is 11.3 Å². The van der Waals surface area contributed by atoms with E-state index in [2.05, 4.69) is 16.3 Å². The maximum atomic E-state index is 12.3. The number of anilines is 1. The van der Waals surface area contributed by atoms with Gasteiger partial charge in [-0.15, -0.1) is 11.3 Å². The average Bonchev–Trinajstić information content (AvgIpc) is 3.31. The van der Waals surface area contributed by atoms with E-state index in [1.54, 1.807) is 11.3 Å². The summed E-state index contributed by atoms with van der Waals surface area (Å²) in [5.41, 5.74) is 2.09. The first-order valence-electron chi connectivity index (χ1n) is 9.19. The van der Waals surface area contributed by atoms with Gasteiger partial charge in [-0.1, -0.05) is 6.07 Å². The minimum atomic E-state index is 0.0113. The summed E-state index contributed by atoms with van der Waals surface area (Å²) in [6.07, 6.45) is 2.90. The predicted molar refractivity (Wildman–Crippen MR) is 99.3 cm³/mol. The SMILES string of the molecule is O=C1CC(c2ccc3c(c2)OCCO3)c2sc(N3CCCC3)nc2CN1. The van der Waals surface area contributed by atoms with E-state index in [0.717, 1.165) is 41.0 Å². The normalized spacial score (nSPS) is 21.9. The number of ether oxygens (including phenoxy) is 2. The van der Waals surface area contributed by atoms with Crippen LogP contribution in [0, 0.1) is 0 Å². The number of fused-ring (bicyclic) bond motifs is 2. The van der Waals surface area contributed by atoms with Gasteiger partial charge in [0.25, 0.3) is 0 Å². The van der Waals surface area contributed by atoms with Gasteiger partial charge in [0.2, 0.25) is 5.91 Å². The quantitative estimate of drug-likeness (QED) is 0.879. The van der Waals surface area contributed by atoms with Gasteiger partial charge in [0.1, 0.15) is 13.2 Å². The molecule has 1 fully saturated rings. The van der Waals surface area contributed by atoms with Crippen LogP contribution in [0.4, 0.5) is 5.13 Å². The Hall–Kier alpha value is -2.28. The summed E-state index contributed by atoms with van der Waals surface area (Å²) in [6, 6.07) is 6.03. The van der Waals surface area contributed by atoms with Crippen LogP contribution in [0.25, 0.3) is 0 Å². The van der Waals surface area contributed by atoms with Gasteiger partial charge in [0.15, 0.2) is 16.6 Å². The van der Waals surface area contributed by atoms with Crippen LogP contribution in [0.2, 0.25) is 0 Å². The fourth-order valence-corrected chi connectivity index (χ4v) is 5.13. The maximum absolute atomic E-state index is 12.3. The number of aromatic nitrogens is 1. The van der Waals surface area contributed by atoms with Crippen molar-refractivity contribution in [2.24, 2.45) is 0 Å². The van der Waals surface area contributed by atoms with E-state index < -0.39 is 0 Å². The van der Waals surface area contributed by atoms with Gasteiger partial charge in [-0.3, -0.25) is 4.79 Å². The molecule has 4 heterocycles. The Morgan fingerprint density at radius 1 is 1.15 bits per heavy atom. The lowest BCUT2D eigenvalue weighted by Crippen LogP contribution is -2.22. The molecule has 1 aromatic heterocycles. The molecule has 7 heteroatoms. The van der Waals surface area contributed by atoms with Crippen molar-refractivity contribution in [2.45, 2.75) is 31.7 Å². The Kier molecular flexibility index (Phi) is 3.96. The topological polar surface area (TPSA) is 63.7 Å². The molecule has 3 aliphatic rings.